The lowest BCUT2D eigenvalue weighted by atomic mass is 9.98. The van der Waals surface area contributed by atoms with E-state index in [1.165, 1.54) is 28.5 Å². The van der Waals surface area contributed by atoms with Crippen LogP contribution in [0.1, 0.15) is 34.8 Å². The van der Waals surface area contributed by atoms with E-state index in [2.05, 4.69) is 10.8 Å². The number of carbonyl (C=O) groups excluding carboxylic acids is 1. The predicted molar refractivity (Wildman–Crippen MR) is 86.5 cm³/mol. The van der Waals surface area contributed by atoms with Crippen LogP contribution in [0.5, 0.6) is 0 Å². The molecule has 0 saturated heterocycles. The van der Waals surface area contributed by atoms with Gasteiger partial charge in [0.15, 0.2) is 0 Å². The van der Waals surface area contributed by atoms with Crippen LogP contribution in [0, 0.1) is 6.92 Å². The molecule has 3 rings (SSSR count). The van der Waals surface area contributed by atoms with E-state index in [-0.39, 0.29) is 16.5 Å². The van der Waals surface area contributed by atoms with Crippen LogP contribution in [0.2, 0.25) is 0 Å². The van der Waals surface area contributed by atoms with Crippen molar-refractivity contribution >= 4 is 27.3 Å². The molecule has 1 aromatic heterocycles. The minimum atomic E-state index is -3.74. The van der Waals surface area contributed by atoms with Gasteiger partial charge in [0.2, 0.25) is 5.91 Å². The highest BCUT2D eigenvalue weighted by Gasteiger charge is 2.26. The van der Waals surface area contributed by atoms with Crippen molar-refractivity contribution in [3.05, 3.63) is 52.4 Å². The molecular weight excluding hydrogens is 318 g/mol. The minimum absolute atomic E-state index is 0.108. The number of carbonyl (C=O) groups is 1. The second kappa shape index (κ2) is 5.85. The Morgan fingerprint density at radius 3 is 2.77 bits per heavy atom. The number of thiophene rings is 1. The van der Waals surface area contributed by atoms with Crippen molar-refractivity contribution in [3.63, 3.8) is 0 Å². The largest absolute Gasteiger partial charge is 0.274 e. The molecule has 1 amide bonds. The average molecular weight is 335 g/mol. The number of rotatable bonds is 4. The van der Waals surface area contributed by atoms with Gasteiger partial charge in [0, 0.05) is 11.3 Å². The molecule has 0 spiro atoms. The van der Waals surface area contributed by atoms with Gasteiger partial charge in [-0.15, -0.1) is 11.3 Å². The first-order valence-corrected chi connectivity index (χ1v) is 9.45. The molecule has 1 aliphatic rings. The molecule has 1 N–H and O–H groups in total. The van der Waals surface area contributed by atoms with E-state index in [0.29, 0.717) is 0 Å². The van der Waals surface area contributed by atoms with Crippen molar-refractivity contribution in [1.82, 2.24) is 4.72 Å². The highest BCUT2D eigenvalue weighted by atomic mass is 32.2. The monoisotopic (exact) mass is 335 g/mol. The molecule has 0 unspecified atom stereocenters. The summed E-state index contributed by atoms with van der Waals surface area (Å²) in [6.45, 7) is 1.83. The number of nitrogens with one attached hydrogen (secondary N) is 1. The van der Waals surface area contributed by atoms with Crippen LogP contribution in [0.4, 0.5) is 0 Å². The summed E-state index contributed by atoms with van der Waals surface area (Å²) in [5, 5.41) is 0. The number of sulfonamides is 1. The van der Waals surface area contributed by atoms with E-state index in [1.54, 1.807) is 6.07 Å². The third kappa shape index (κ3) is 3.08. The Morgan fingerprint density at radius 2 is 2.05 bits per heavy atom. The predicted octanol–water partition coefficient (Wildman–Crippen LogP) is 2.98. The Hall–Kier alpha value is -1.66. The molecule has 2 aromatic rings. The summed E-state index contributed by atoms with van der Waals surface area (Å²) in [7, 11) is -3.74. The smallest absolute Gasteiger partial charge is 0.273 e. The molecule has 1 aliphatic carbocycles. The van der Waals surface area contributed by atoms with Crippen LogP contribution in [0.15, 0.2) is 40.6 Å². The summed E-state index contributed by atoms with van der Waals surface area (Å²) < 4.78 is 26.7. The lowest BCUT2D eigenvalue weighted by Crippen LogP contribution is -2.30. The van der Waals surface area contributed by atoms with Crippen LogP contribution in [-0.4, -0.2) is 14.3 Å². The Morgan fingerprint density at radius 1 is 1.27 bits per heavy atom. The molecule has 116 valence electrons. The maximum Gasteiger partial charge on any atom is 0.273 e. The van der Waals surface area contributed by atoms with Crippen molar-refractivity contribution in [2.24, 2.45) is 0 Å². The fraction of sp³-hybridized carbons (Fsp3) is 0.312. The van der Waals surface area contributed by atoms with Crippen LogP contribution >= 0.6 is 11.3 Å². The van der Waals surface area contributed by atoms with Gasteiger partial charge in [-0.05, 0) is 48.9 Å². The molecular formula is C16H17NO3S2. The molecule has 0 saturated carbocycles. The van der Waals surface area contributed by atoms with Crippen molar-refractivity contribution in [3.8, 4) is 0 Å². The maximum atomic E-state index is 12.2. The lowest BCUT2D eigenvalue weighted by molar-refractivity contribution is -0.119. The molecule has 1 aromatic carbocycles. The van der Waals surface area contributed by atoms with Crippen molar-refractivity contribution in [2.75, 3.05) is 0 Å². The number of aryl methyl sites for hydroxylation is 2. The number of hydrogen-bond acceptors (Lipinski definition) is 4. The van der Waals surface area contributed by atoms with Gasteiger partial charge in [0.05, 0.1) is 0 Å². The maximum absolute atomic E-state index is 12.2. The summed E-state index contributed by atoms with van der Waals surface area (Å²) in [5.41, 5.74) is 2.43. The van der Waals surface area contributed by atoms with E-state index in [1.807, 2.05) is 25.1 Å². The van der Waals surface area contributed by atoms with Gasteiger partial charge in [0.25, 0.3) is 10.0 Å². The van der Waals surface area contributed by atoms with E-state index in [4.69, 9.17) is 0 Å². The lowest BCUT2D eigenvalue weighted by Gasteiger charge is -2.11. The van der Waals surface area contributed by atoms with Crippen molar-refractivity contribution in [1.29, 1.82) is 0 Å². The molecule has 1 heterocycles. The standard InChI is InChI=1S/C16H17NO3S2/c1-11-6-9-16(21-11)22(19,20)17-15(18)10-13-8-7-12-4-2-3-5-14(12)13/h2-6,9,13H,7-8,10H2,1H3,(H,17,18)/t13-/m0/s1. The Kier molecular flexibility index (Phi) is 4.06. The molecule has 0 fully saturated rings. The van der Waals surface area contributed by atoms with Gasteiger partial charge in [-0.1, -0.05) is 24.3 Å². The van der Waals surface area contributed by atoms with E-state index in [0.717, 1.165) is 17.7 Å². The Bertz CT molecular complexity index is 808. The van der Waals surface area contributed by atoms with Crippen LogP contribution in [-0.2, 0) is 21.2 Å². The SMILES string of the molecule is Cc1ccc(S(=O)(=O)NC(=O)C[C@@H]2CCc3ccccc32)s1. The van der Waals surface area contributed by atoms with E-state index in [9.17, 15) is 13.2 Å². The minimum Gasteiger partial charge on any atom is -0.274 e. The summed E-state index contributed by atoms with van der Waals surface area (Å²) in [4.78, 5) is 13.0. The first-order chi connectivity index (χ1) is 10.5. The van der Waals surface area contributed by atoms with Gasteiger partial charge < -0.3 is 0 Å². The average Bonchev–Trinajstić information content (AvgIpc) is 3.06. The van der Waals surface area contributed by atoms with Crippen molar-refractivity contribution < 1.29 is 13.2 Å². The first kappa shape index (κ1) is 15.2. The first-order valence-electron chi connectivity index (χ1n) is 7.15. The van der Waals surface area contributed by atoms with Crippen LogP contribution < -0.4 is 4.72 Å². The van der Waals surface area contributed by atoms with Gasteiger partial charge in [-0.2, -0.15) is 0 Å². The number of fused-ring (bicyclic) bond motifs is 1. The van der Waals surface area contributed by atoms with Crippen molar-refractivity contribution in [2.45, 2.75) is 36.3 Å². The van der Waals surface area contributed by atoms with E-state index >= 15 is 0 Å². The number of amides is 1. The highest BCUT2D eigenvalue weighted by Crippen LogP contribution is 2.35. The van der Waals surface area contributed by atoms with Crippen LogP contribution in [0.3, 0.4) is 0 Å². The third-order valence-corrected chi connectivity index (χ3v) is 6.78. The van der Waals surface area contributed by atoms with E-state index < -0.39 is 15.9 Å². The third-order valence-electron chi connectivity index (χ3n) is 3.92. The second-order valence-electron chi connectivity index (χ2n) is 5.53. The molecule has 0 aliphatic heterocycles. The summed E-state index contributed by atoms with van der Waals surface area (Å²) in [6.07, 6.45) is 2.05. The van der Waals surface area contributed by atoms with Gasteiger partial charge in [-0.25, -0.2) is 13.1 Å². The zero-order valence-corrected chi connectivity index (χ0v) is 13.8. The highest BCUT2D eigenvalue weighted by molar-refractivity contribution is 7.92. The fourth-order valence-corrected chi connectivity index (χ4v) is 5.16. The normalized spacial score (nSPS) is 17.2. The molecule has 22 heavy (non-hydrogen) atoms. The Labute approximate surface area is 134 Å². The molecule has 1 atom stereocenters. The summed E-state index contributed by atoms with van der Waals surface area (Å²) in [6, 6.07) is 11.3. The fourth-order valence-electron chi connectivity index (χ4n) is 2.88. The van der Waals surface area contributed by atoms with Crippen LogP contribution in [0.25, 0.3) is 0 Å². The van der Waals surface area contributed by atoms with Gasteiger partial charge >= 0.3 is 0 Å². The molecule has 6 heteroatoms. The quantitative estimate of drug-likeness (QED) is 0.934. The molecule has 0 bridgehead atoms. The zero-order chi connectivity index (χ0) is 15.7. The summed E-state index contributed by atoms with van der Waals surface area (Å²) >= 11 is 1.17. The molecule has 0 radical (unpaired) electrons. The topological polar surface area (TPSA) is 63.2 Å². The van der Waals surface area contributed by atoms with Gasteiger partial charge in [0.1, 0.15) is 4.21 Å². The summed E-state index contributed by atoms with van der Waals surface area (Å²) in [5.74, 6) is -0.329. The Balaban J connectivity index is 1.69. The number of benzene rings is 1. The second-order valence-corrected chi connectivity index (χ2v) is 8.73. The number of hydrogen-bond donors (Lipinski definition) is 1. The molecule has 4 nitrogen and oxygen atoms in total. The van der Waals surface area contributed by atoms with Gasteiger partial charge in [-0.3, -0.25) is 4.79 Å². The zero-order valence-electron chi connectivity index (χ0n) is 12.2.